The second-order valence-corrected chi connectivity index (χ2v) is 10.7. The maximum Gasteiger partial charge on any atom is 0.263 e. The molecule has 3 nitrogen and oxygen atoms in total. The fourth-order valence-electron chi connectivity index (χ4n) is 6.11. The first-order valence-electron chi connectivity index (χ1n) is 11.8. The zero-order valence-corrected chi connectivity index (χ0v) is 19.7. The lowest BCUT2D eigenvalue weighted by Crippen LogP contribution is -2.59. The van der Waals surface area contributed by atoms with Crippen LogP contribution in [0.5, 0.6) is 5.75 Å². The van der Waals surface area contributed by atoms with Gasteiger partial charge in [-0.05, 0) is 87.8 Å². The normalized spacial score (nSPS) is 28.4. The average Bonchev–Trinajstić information content (AvgIpc) is 2.75. The Morgan fingerprint density at radius 2 is 1.74 bits per heavy atom. The first-order chi connectivity index (χ1) is 14.7. The van der Waals surface area contributed by atoms with Gasteiger partial charge in [-0.15, -0.1) is 0 Å². The number of carbonyl (C=O) groups is 1. The highest BCUT2D eigenvalue weighted by molar-refractivity contribution is 5.85. The van der Waals surface area contributed by atoms with Crippen LogP contribution in [0.3, 0.4) is 0 Å². The quantitative estimate of drug-likeness (QED) is 0.581. The van der Waals surface area contributed by atoms with E-state index in [1.54, 1.807) is 0 Å². The van der Waals surface area contributed by atoms with Gasteiger partial charge in [0.15, 0.2) is 5.60 Å². The highest BCUT2D eigenvalue weighted by Gasteiger charge is 2.59. The van der Waals surface area contributed by atoms with E-state index in [0.717, 1.165) is 12.2 Å². The molecule has 2 unspecified atom stereocenters. The molecule has 1 amide bonds. The molecule has 0 saturated heterocycles. The van der Waals surface area contributed by atoms with Gasteiger partial charge in [0.05, 0.1) is 0 Å². The van der Waals surface area contributed by atoms with Crippen molar-refractivity contribution in [2.75, 3.05) is 0 Å². The molecule has 2 atom stereocenters. The van der Waals surface area contributed by atoms with Crippen LogP contribution in [0.2, 0.25) is 0 Å². The minimum Gasteiger partial charge on any atom is -0.478 e. The predicted octanol–water partition coefficient (Wildman–Crippen LogP) is 6.20. The summed E-state index contributed by atoms with van der Waals surface area (Å²) >= 11 is 0. The number of ether oxygens (including phenoxy) is 1. The first kappa shape index (κ1) is 21.9. The molecule has 0 aromatic heterocycles. The van der Waals surface area contributed by atoms with Gasteiger partial charge in [0.1, 0.15) is 5.75 Å². The summed E-state index contributed by atoms with van der Waals surface area (Å²) in [7, 11) is 0. The van der Waals surface area contributed by atoms with Crippen molar-refractivity contribution in [3.05, 3.63) is 65.7 Å². The van der Waals surface area contributed by atoms with Crippen molar-refractivity contribution < 1.29 is 9.53 Å². The SMILES string of the molecule is CCC12CC(C(C)NC(=O)C(C)(C)Oc3ccc(C)cc3)CC(c3ccccc3)(C1)C2. The highest BCUT2D eigenvalue weighted by Crippen LogP contribution is 2.67. The molecule has 3 fully saturated rings. The number of rotatable bonds is 7. The second kappa shape index (κ2) is 8.00. The van der Waals surface area contributed by atoms with Crippen molar-refractivity contribution in [2.45, 2.75) is 83.8 Å². The molecule has 3 aliphatic rings. The molecule has 3 aliphatic carbocycles. The first-order valence-corrected chi connectivity index (χ1v) is 11.8. The highest BCUT2D eigenvalue weighted by atomic mass is 16.5. The Labute approximate surface area is 187 Å². The van der Waals surface area contributed by atoms with Crippen LogP contribution in [0.4, 0.5) is 0 Å². The van der Waals surface area contributed by atoms with E-state index in [4.69, 9.17) is 4.74 Å². The van der Waals surface area contributed by atoms with Gasteiger partial charge < -0.3 is 10.1 Å². The summed E-state index contributed by atoms with van der Waals surface area (Å²) in [5.74, 6) is 1.17. The molecule has 3 saturated carbocycles. The number of nitrogens with one attached hydrogen (secondary N) is 1. The summed E-state index contributed by atoms with van der Waals surface area (Å²) in [6.07, 6.45) is 6.17. The molecule has 166 valence electrons. The molecular formula is C28H37NO2. The van der Waals surface area contributed by atoms with E-state index in [-0.39, 0.29) is 17.4 Å². The third-order valence-corrected chi connectivity index (χ3v) is 7.92. The molecule has 2 bridgehead atoms. The maximum absolute atomic E-state index is 13.1. The molecule has 2 aromatic rings. The molecule has 0 aliphatic heterocycles. The number of benzene rings is 2. The van der Waals surface area contributed by atoms with Crippen molar-refractivity contribution in [3.63, 3.8) is 0 Å². The summed E-state index contributed by atoms with van der Waals surface area (Å²) in [4.78, 5) is 13.1. The number of hydrogen-bond acceptors (Lipinski definition) is 2. The zero-order valence-electron chi connectivity index (χ0n) is 19.7. The van der Waals surface area contributed by atoms with E-state index < -0.39 is 5.60 Å². The molecule has 2 aromatic carbocycles. The van der Waals surface area contributed by atoms with Crippen molar-refractivity contribution in [2.24, 2.45) is 11.3 Å². The average molecular weight is 420 g/mol. The molecule has 0 spiro atoms. The summed E-state index contributed by atoms with van der Waals surface area (Å²) in [5, 5.41) is 3.31. The van der Waals surface area contributed by atoms with Crippen molar-refractivity contribution in [3.8, 4) is 5.75 Å². The van der Waals surface area contributed by atoms with Gasteiger partial charge in [-0.1, -0.05) is 61.4 Å². The second-order valence-electron chi connectivity index (χ2n) is 10.7. The standard InChI is InChI=1S/C28H37NO2/c1-6-27-16-22(17-28(18-27,19-27)23-10-8-7-9-11-23)21(3)29-25(30)26(4,5)31-24-14-12-20(2)13-15-24/h7-15,21-22H,6,16-19H2,1-5H3,(H,29,30). The number of carbonyl (C=O) groups excluding carboxylic acids is 1. The van der Waals surface area contributed by atoms with Gasteiger partial charge in [-0.25, -0.2) is 0 Å². The topological polar surface area (TPSA) is 38.3 Å². The summed E-state index contributed by atoms with van der Waals surface area (Å²) in [5.41, 5.74) is 2.46. The molecule has 0 radical (unpaired) electrons. The lowest BCUT2D eigenvalue weighted by Gasteiger charge is -2.64. The maximum atomic E-state index is 13.1. The van der Waals surface area contributed by atoms with Crippen molar-refractivity contribution in [1.29, 1.82) is 0 Å². The third kappa shape index (κ3) is 4.24. The van der Waals surface area contributed by atoms with Gasteiger partial charge in [-0.3, -0.25) is 4.79 Å². The Kier molecular flexibility index (Phi) is 5.66. The van der Waals surface area contributed by atoms with Gasteiger partial charge in [-0.2, -0.15) is 0 Å². The Bertz CT molecular complexity index is 910. The van der Waals surface area contributed by atoms with Crippen LogP contribution in [0.1, 0.15) is 70.9 Å². The van der Waals surface area contributed by atoms with E-state index in [9.17, 15) is 4.79 Å². The fourth-order valence-corrected chi connectivity index (χ4v) is 6.11. The Morgan fingerprint density at radius 1 is 1.10 bits per heavy atom. The van der Waals surface area contributed by atoms with Crippen LogP contribution in [-0.4, -0.2) is 17.6 Å². The third-order valence-electron chi connectivity index (χ3n) is 7.92. The van der Waals surface area contributed by atoms with E-state index >= 15 is 0 Å². The van der Waals surface area contributed by atoms with Gasteiger partial charge in [0, 0.05) is 6.04 Å². The molecule has 3 heteroatoms. The summed E-state index contributed by atoms with van der Waals surface area (Å²) < 4.78 is 6.05. The van der Waals surface area contributed by atoms with E-state index in [0.29, 0.717) is 11.3 Å². The Hall–Kier alpha value is -2.29. The minimum absolute atomic E-state index is 0.0425. The lowest BCUT2D eigenvalue weighted by molar-refractivity contribution is -0.136. The van der Waals surface area contributed by atoms with Gasteiger partial charge in [0.25, 0.3) is 5.91 Å². The lowest BCUT2D eigenvalue weighted by atomic mass is 9.40. The largest absolute Gasteiger partial charge is 0.478 e. The molecule has 31 heavy (non-hydrogen) atoms. The minimum atomic E-state index is -0.916. The van der Waals surface area contributed by atoms with Crippen LogP contribution < -0.4 is 10.1 Å². The smallest absolute Gasteiger partial charge is 0.263 e. The number of fused-ring (bicyclic) bond motifs is 2. The molecule has 5 rings (SSSR count). The fraction of sp³-hybridized carbons (Fsp3) is 0.536. The number of aryl methyl sites for hydroxylation is 1. The van der Waals surface area contributed by atoms with E-state index in [2.05, 4.69) is 49.5 Å². The van der Waals surface area contributed by atoms with Gasteiger partial charge in [0.2, 0.25) is 0 Å². The summed E-state index contributed by atoms with van der Waals surface area (Å²) in [6, 6.07) is 19.0. The molecule has 1 N–H and O–H groups in total. The molecule has 0 heterocycles. The predicted molar refractivity (Wildman–Crippen MR) is 126 cm³/mol. The van der Waals surface area contributed by atoms with Gasteiger partial charge >= 0.3 is 0 Å². The Balaban J connectivity index is 1.44. The number of hydrogen-bond donors (Lipinski definition) is 1. The molecular weight excluding hydrogens is 382 g/mol. The number of amides is 1. The van der Waals surface area contributed by atoms with Crippen LogP contribution >= 0.6 is 0 Å². The van der Waals surface area contributed by atoms with Crippen LogP contribution in [0.15, 0.2) is 54.6 Å². The van der Waals surface area contributed by atoms with Crippen LogP contribution in [-0.2, 0) is 10.2 Å². The van der Waals surface area contributed by atoms with E-state index in [1.807, 2.05) is 45.0 Å². The van der Waals surface area contributed by atoms with Crippen molar-refractivity contribution in [1.82, 2.24) is 5.32 Å². The summed E-state index contributed by atoms with van der Waals surface area (Å²) in [6.45, 7) is 10.3. The van der Waals surface area contributed by atoms with Crippen LogP contribution in [0.25, 0.3) is 0 Å². The monoisotopic (exact) mass is 419 g/mol. The van der Waals surface area contributed by atoms with E-state index in [1.165, 1.54) is 36.8 Å². The van der Waals surface area contributed by atoms with Crippen molar-refractivity contribution >= 4 is 5.91 Å². The Morgan fingerprint density at radius 3 is 2.35 bits per heavy atom. The zero-order chi connectivity index (χ0) is 22.3. The van der Waals surface area contributed by atoms with Crippen LogP contribution in [0, 0.1) is 18.3 Å².